The van der Waals surface area contributed by atoms with E-state index in [1.807, 2.05) is 0 Å². The van der Waals surface area contributed by atoms with Gasteiger partial charge >= 0.3 is 6.43 Å². The molecule has 0 unspecified atom stereocenters. The van der Waals surface area contributed by atoms with Crippen LogP contribution in [-0.2, 0) is 0 Å². The minimum absolute atomic E-state index is 0.425. The lowest BCUT2D eigenvalue weighted by Crippen LogP contribution is -2.11. The Morgan fingerprint density at radius 3 is 2.50 bits per heavy atom. The van der Waals surface area contributed by atoms with E-state index in [4.69, 9.17) is 0 Å². The minimum Gasteiger partial charge on any atom is -0.286 e. The van der Waals surface area contributed by atoms with Crippen LogP contribution in [0, 0.1) is 5.82 Å². The van der Waals surface area contributed by atoms with E-state index in [0.717, 1.165) is 18.3 Å². The molecule has 0 aliphatic rings. The van der Waals surface area contributed by atoms with Crippen LogP contribution in [-0.4, -0.2) is 17.2 Å². The van der Waals surface area contributed by atoms with Gasteiger partial charge in [0, 0.05) is 0 Å². The largest absolute Gasteiger partial charge is 0.302 e. The summed E-state index contributed by atoms with van der Waals surface area (Å²) in [7, 11) is 0. The predicted octanol–water partition coefficient (Wildman–Crippen LogP) is 1.67. The first-order chi connectivity index (χ1) is 5.61. The molecular weight excluding hydrogens is 171 g/mol. The molecule has 1 aromatic heterocycles. The molecule has 1 heterocycles. The third-order valence-corrected chi connectivity index (χ3v) is 1.18. The second-order valence-electron chi connectivity index (χ2n) is 2.03. The molecule has 0 amide bonds. The molecule has 0 aliphatic carbocycles. The van der Waals surface area contributed by atoms with Crippen LogP contribution in [0.4, 0.5) is 13.2 Å². The fraction of sp³-hybridized carbons (Fsp3) is 0.143. The molecule has 1 aromatic rings. The van der Waals surface area contributed by atoms with Crippen LogP contribution in [0.25, 0.3) is 0 Å². The van der Waals surface area contributed by atoms with Crippen molar-refractivity contribution in [2.24, 2.45) is 0 Å². The van der Waals surface area contributed by atoms with Crippen molar-refractivity contribution in [2.75, 3.05) is 0 Å². The van der Waals surface area contributed by atoms with Crippen molar-refractivity contribution in [3.8, 4) is 0 Å². The number of pyridine rings is 1. The van der Waals surface area contributed by atoms with Gasteiger partial charge in [0.05, 0.1) is 6.20 Å². The standard InChI is InChI=1S/C7H4F3NO/c8-4-1-2-5(11-3-4)6(12)7(9)10/h1-3,7H. The second-order valence-corrected chi connectivity index (χ2v) is 2.03. The third kappa shape index (κ3) is 1.81. The molecule has 0 spiro atoms. The van der Waals surface area contributed by atoms with E-state index < -0.39 is 23.7 Å². The Kier molecular flexibility index (Phi) is 2.42. The number of Topliss-reactive ketones (excluding diaryl/α,β-unsaturated/α-hetero) is 1. The molecule has 0 saturated carbocycles. The van der Waals surface area contributed by atoms with Gasteiger partial charge in [0.25, 0.3) is 0 Å². The highest BCUT2D eigenvalue weighted by atomic mass is 19.3. The number of carbonyl (C=O) groups is 1. The van der Waals surface area contributed by atoms with Crippen LogP contribution in [0.3, 0.4) is 0 Å². The molecule has 0 aromatic carbocycles. The molecule has 0 aliphatic heterocycles. The van der Waals surface area contributed by atoms with Gasteiger partial charge in [-0.3, -0.25) is 4.79 Å². The van der Waals surface area contributed by atoms with Crippen LogP contribution in [0.15, 0.2) is 18.3 Å². The zero-order valence-corrected chi connectivity index (χ0v) is 5.80. The monoisotopic (exact) mass is 175 g/mol. The summed E-state index contributed by atoms with van der Waals surface area (Å²) in [5.41, 5.74) is -0.425. The van der Waals surface area contributed by atoms with Gasteiger partial charge in [0.1, 0.15) is 11.5 Å². The van der Waals surface area contributed by atoms with Crippen LogP contribution >= 0.6 is 0 Å². The van der Waals surface area contributed by atoms with Crippen molar-refractivity contribution in [1.82, 2.24) is 4.98 Å². The maximum atomic E-state index is 12.2. The smallest absolute Gasteiger partial charge is 0.286 e. The average Bonchev–Trinajstić information content (AvgIpc) is 2.04. The molecule has 0 atom stereocenters. The quantitative estimate of drug-likeness (QED) is 0.640. The lowest BCUT2D eigenvalue weighted by atomic mass is 10.2. The first-order valence-corrected chi connectivity index (χ1v) is 3.05. The van der Waals surface area contributed by atoms with E-state index >= 15 is 0 Å². The van der Waals surface area contributed by atoms with E-state index in [1.165, 1.54) is 0 Å². The summed E-state index contributed by atoms with van der Waals surface area (Å²) in [6.45, 7) is 0. The van der Waals surface area contributed by atoms with Crippen LogP contribution in [0.2, 0.25) is 0 Å². The maximum Gasteiger partial charge on any atom is 0.302 e. The molecule has 12 heavy (non-hydrogen) atoms. The molecule has 2 nitrogen and oxygen atoms in total. The molecule has 0 bridgehead atoms. The van der Waals surface area contributed by atoms with E-state index in [2.05, 4.69) is 4.98 Å². The van der Waals surface area contributed by atoms with E-state index in [0.29, 0.717) is 0 Å². The van der Waals surface area contributed by atoms with Gasteiger partial charge in [-0.1, -0.05) is 0 Å². The third-order valence-electron chi connectivity index (χ3n) is 1.18. The van der Waals surface area contributed by atoms with Gasteiger partial charge in [-0.05, 0) is 12.1 Å². The summed E-state index contributed by atoms with van der Waals surface area (Å²) in [5.74, 6) is -2.06. The SMILES string of the molecule is O=C(c1ccc(F)cn1)C(F)F. The van der Waals surface area contributed by atoms with E-state index in [9.17, 15) is 18.0 Å². The molecule has 0 radical (unpaired) electrons. The number of hydrogen-bond donors (Lipinski definition) is 0. The van der Waals surface area contributed by atoms with Crippen molar-refractivity contribution >= 4 is 5.78 Å². The van der Waals surface area contributed by atoms with Crippen molar-refractivity contribution in [3.05, 3.63) is 29.8 Å². The average molecular weight is 175 g/mol. The number of hydrogen-bond acceptors (Lipinski definition) is 2. The minimum atomic E-state index is -3.09. The number of nitrogens with zero attached hydrogens (tertiary/aromatic N) is 1. The van der Waals surface area contributed by atoms with Gasteiger partial charge in [-0.2, -0.15) is 0 Å². The number of aromatic nitrogens is 1. The van der Waals surface area contributed by atoms with Crippen LogP contribution < -0.4 is 0 Å². The van der Waals surface area contributed by atoms with E-state index in [1.54, 1.807) is 0 Å². The topological polar surface area (TPSA) is 30.0 Å². The second kappa shape index (κ2) is 3.34. The summed E-state index contributed by atoms with van der Waals surface area (Å²) in [6.07, 6.45) is -2.38. The Labute approximate surface area is 66.0 Å². The van der Waals surface area contributed by atoms with Gasteiger partial charge in [-0.15, -0.1) is 0 Å². The summed E-state index contributed by atoms with van der Waals surface area (Å²) >= 11 is 0. The Balaban J connectivity index is 2.90. The number of rotatable bonds is 2. The van der Waals surface area contributed by atoms with Crippen molar-refractivity contribution in [2.45, 2.75) is 6.43 Å². The Bertz CT molecular complexity index is 283. The van der Waals surface area contributed by atoms with Crippen LogP contribution in [0.1, 0.15) is 10.5 Å². The molecule has 0 N–H and O–H groups in total. The fourth-order valence-corrected chi connectivity index (χ4v) is 0.633. The summed E-state index contributed by atoms with van der Waals surface area (Å²) in [5, 5.41) is 0. The Morgan fingerprint density at radius 1 is 1.42 bits per heavy atom. The zero-order chi connectivity index (χ0) is 9.14. The summed E-state index contributed by atoms with van der Waals surface area (Å²) < 4.78 is 35.7. The van der Waals surface area contributed by atoms with Crippen molar-refractivity contribution < 1.29 is 18.0 Å². The highest BCUT2D eigenvalue weighted by Gasteiger charge is 2.18. The predicted molar refractivity (Wildman–Crippen MR) is 34.5 cm³/mol. The number of halogens is 3. The van der Waals surface area contributed by atoms with Crippen molar-refractivity contribution in [3.63, 3.8) is 0 Å². The Hall–Kier alpha value is -1.39. The number of alkyl halides is 2. The lowest BCUT2D eigenvalue weighted by Gasteiger charge is -1.96. The van der Waals surface area contributed by atoms with Gasteiger partial charge < -0.3 is 0 Å². The maximum absolute atomic E-state index is 12.2. The molecule has 64 valence electrons. The zero-order valence-electron chi connectivity index (χ0n) is 5.80. The highest BCUT2D eigenvalue weighted by Crippen LogP contribution is 2.05. The van der Waals surface area contributed by atoms with Gasteiger partial charge in [0.2, 0.25) is 5.78 Å². The first kappa shape index (κ1) is 8.70. The van der Waals surface area contributed by atoms with Gasteiger partial charge in [0.15, 0.2) is 0 Å². The molecule has 0 fully saturated rings. The number of carbonyl (C=O) groups excluding carboxylic acids is 1. The van der Waals surface area contributed by atoms with Gasteiger partial charge in [-0.25, -0.2) is 18.2 Å². The number of ketones is 1. The summed E-state index contributed by atoms with van der Waals surface area (Å²) in [6, 6.07) is 1.83. The summed E-state index contributed by atoms with van der Waals surface area (Å²) in [4.78, 5) is 13.7. The first-order valence-electron chi connectivity index (χ1n) is 3.05. The normalized spacial score (nSPS) is 10.3. The molecule has 5 heteroatoms. The van der Waals surface area contributed by atoms with E-state index in [-0.39, 0.29) is 0 Å². The fourth-order valence-electron chi connectivity index (χ4n) is 0.633. The Morgan fingerprint density at radius 2 is 2.08 bits per heavy atom. The molecule has 0 saturated heterocycles. The highest BCUT2D eigenvalue weighted by molar-refractivity contribution is 5.96. The molecular formula is C7H4F3NO. The van der Waals surface area contributed by atoms with Crippen molar-refractivity contribution in [1.29, 1.82) is 0 Å². The molecule has 1 rings (SSSR count). The van der Waals surface area contributed by atoms with Crippen LogP contribution in [0.5, 0.6) is 0 Å². The lowest BCUT2D eigenvalue weighted by molar-refractivity contribution is 0.0673.